The maximum absolute atomic E-state index is 11.7. The molecule has 6 heteroatoms. The first-order valence-electron chi connectivity index (χ1n) is 9.40. The summed E-state index contributed by atoms with van der Waals surface area (Å²) in [6, 6.07) is 13.8. The van der Waals surface area contributed by atoms with Gasteiger partial charge >= 0.3 is 0 Å². The van der Waals surface area contributed by atoms with Crippen LogP contribution in [0, 0.1) is 0 Å². The van der Waals surface area contributed by atoms with E-state index in [0.717, 1.165) is 48.6 Å². The summed E-state index contributed by atoms with van der Waals surface area (Å²) in [6.07, 6.45) is 3.53. The average molecular weight is 366 g/mol. The predicted octanol–water partition coefficient (Wildman–Crippen LogP) is 3.02. The number of nitrogens with zero attached hydrogens (tertiary/aromatic N) is 3. The van der Waals surface area contributed by atoms with Crippen molar-refractivity contribution in [2.45, 2.75) is 39.2 Å². The third-order valence-electron chi connectivity index (χ3n) is 4.53. The van der Waals surface area contributed by atoms with E-state index in [9.17, 15) is 4.79 Å². The van der Waals surface area contributed by atoms with Crippen molar-refractivity contribution >= 4 is 0 Å². The van der Waals surface area contributed by atoms with Crippen LogP contribution in [0.3, 0.4) is 0 Å². The van der Waals surface area contributed by atoms with Crippen molar-refractivity contribution in [3.05, 3.63) is 69.9 Å². The van der Waals surface area contributed by atoms with E-state index >= 15 is 0 Å². The molecule has 0 radical (unpaired) electrons. The maximum Gasteiger partial charge on any atom is 0.248 e. The molecule has 0 bridgehead atoms. The largest absolute Gasteiger partial charge is 0.383 e. The Labute approximate surface area is 159 Å². The third kappa shape index (κ3) is 4.92. The van der Waals surface area contributed by atoms with Crippen LogP contribution < -0.4 is 5.56 Å². The fourth-order valence-electron chi connectivity index (χ4n) is 3.13. The van der Waals surface area contributed by atoms with Crippen LogP contribution in [-0.4, -0.2) is 33.5 Å². The van der Waals surface area contributed by atoms with Gasteiger partial charge in [0.05, 0.1) is 13.2 Å². The molecule has 0 atom stereocenters. The van der Waals surface area contributed by atoms with Crippen molar-refractivity contribution < 1.29 is 4.74 Å². The topological polar surface area (TPSA) is 72.8 Å². The Kier molecular flexibility index (Phi) is 6.54. The van der Waals surface area contributed by atoms with Crippen LogP contribution in [-0.2, 0) is 30.5 Å². The number of aromatic amines is 1. The van der Waals surface area contributed by atoms with Crippen molar-refractivity contribution in [1.82, 2.24) is 19.7 Å². The first kappa shape index (κ1) is 19.0. The summed E-state index contributed by atoms with van der Waals surface area (Å²) >= 11 is 0. The summed E-state index contributed by atoms with van der Waals surface area (Å²) in [5.74, 6) is 1.61. The molecule has 3 rings (SSSR count). The van der Waals surface area contributed by atoms with Crippen LogP contribution in [0.15, 0.2) is 47.3 Å². The van der Waals surface area contributed by atoms with E-state index in [4.69, 9.17) is 9.72 Å². The minimum absolute atomic E-state index is 0.0957. The second kappa shape index (κ2) is 9.28. The number of nitrogens with one attached hydrogen (secondary N) is 1. The third-order valence-corrected chi connectivity index (χ3v) is 4.53. The van der Waals surface area contributed by atoms with E-state index < -0.39 is 0 Å². The molecule has 3 aromatic rings. The maximum atomic E-state index is 11.7. The first-order chi connectivity index (χ1) is 13.2. The number of benzene rings is 1. The predicted molar refractivity (Wildman–Crippen MR) is 106 cm³/mol. The van der Waals surface area contributed by atoms with Crippen LogP contribution in [0.1, 0.15) is 30.4 Å². The van der Waals surface area contributed by atoms with E-state index in [1.807, 2.05) is 23.7 Å². The van der Waals surface area contributed by atoms with Crippen molar-refractivity contribution in [2.24, 2.45) is 0 Å². The standard InChI is InChI=1S/C21H26N4O2/c1-3-18-17(12-13-20(26)22-18)21-23-19(24-25(21)14-15-27-2)11-7-10-16-8-5-4-6-9-16/h4-6,8-9,12-13H,3,7,10-11,14-15H2,1-2H3,(H,22,26). The van der Waals surface area contributed by atoms with Gasteiger partial charge in [-0.25, -0.2) is 9.67 Å². The van der Waals surface area contributed by atoms with Gasteiger partial charge in [0.15, 0.2) is 11.6 Å². The van der Waals surface area contributed by atoms with Crippen molar-refractivity contribution in [2.75, 3.05) is 13.7 Å². The Bertz CT molecular complexity index is 915. The highest BCUT2D eigenvalue weighted by molar-refractivity contribution is 5.58. The number of aryl methyl sites for hydroxylation is 3. The Hall–Kier alpha value is -2.73. The number of methoxy groups -OCH3 is 1. The highest BCUT2D eigenvalue weighted by Crippen LogP contribution is 2.21. The molecule has 0 amide bonds. The lowest BCUT2D eigenvalue weighted by molar-refractivity contribution is 0.184. The van der Waals surface area contributed by atoms with E-state index in [0.29, 0.717) is 13.2 Å². The number of aromatic nitrogens is 4. The van der Waals surface area contributed by atoms with Gasteiger partial charge in [0.2, 0.25) is 5.56 Å². The molecule has 0 unspecified atom stereocenters. The van der Waals surface area contributed by atoms with E-state index in [2.05, 4.69) is 34.3 Å². The summed E-state index contributed by atoms with van der Waals surface area (Å²) < 4.78 is 7.10. The van der Waals surface area contributed by atoms with Gasteiger partial charge in [0.25, 0.3) is 0 Å². The van der Waals surface area contributed by atoms with Gasteiger partial charge in [-0.05, 0) is 30.9 Å². The quantitative estimate of drug-likeness (QED) is 0.632. The Morgan fingerprint density at radius 1 is 1.11 bits per heavy atom. The number of rotatable bonds is 9. The fourth-order valence-corrected chi connectivity index (χ4v) is 3.13. The highest BCUT2D eigenvalue weighted by atomic mass is 16.5. The SMILES string of the molecule is CCc1[nH]c(=O)ccc1-c1nc(CCCc2ccccc2)nn1CCOC. The van der Waals surface area contributed by atoms with Gasteiger partial charge in [-0.2, -0.15) is 5.10 Å². The smallest absolute Gasteiger partial charge is 0.248 e. The zero-order valence-corrected chi connectivity index (χ0v) is 15.9. The van der Waals surface area contributed by atoms with Crippen LogP contribution in [0.4, 0.5) is 0 Å². The highest BCUT2D eigenvalue weighted by Gasteiger charge is 2.15. The van der Waals surface area contributed by atoms with Gasteiger partial charge in [-0.15, -0.1) is 0 Å². The second-order valence-electron chi connectivity index (χ2n) is 6.48. The summed E-state index contributed by atoms with van der Waals surface area (Å²) in [7, 11) is 1.68. The van der Waals surface area contributed by atoms with Crippen LogP contribution in [0.5, 0.6) is 0 Å². The van der Waals surface area contributed by atoms with Gasteiger partial charge in [0, 0.05) is 30.9 Å². The summed E-state index contributed by atoms with van der Waals surface area (Å²) in [5, 5.41) is 4.69. The molecule has 27 heavy (non-hydrogen) atoms. The number of ether oxygens (including phenoxy) is 1. The molecule has 1 N–H and O–H groups in total. The molecule has 1 aromatic carbocycles. The summed E-state index contributed by atoms with van der Waals surface area (Å²) in [5.41, 5.74) is 3.03. The van der Waals surface area contributed by atoms with Gasteiger partial charge in [0.1, 0.15) is 0 Å². The second-order valence-corrected chi connectivity index (χ2v) is 6.48. The first-order valence-corrected chi connectivity index (χ1v) is 9.40. The zero-order chi connectivity index (χ0) is 19.1. The molecule has 0 aliphatic rings. The molecule has 142 valence electrons. The Morgan fingerprint density at radius 2 is 1.93 bits per heavy atom. The lowest BCUT2D eigenvalue weighted by Gasteiger charge is -2.08. The number of hydrogen-bond donors (Lipinski definition) is 1. The van der Waals surface area contributed by atoms with Crippen molar-refractivity contribution in [3.63, 3.8) is 0 Å². The molecule has 0 aliphatic carbocycles. The van der Waals surface area contributed by atoms with E-state index in [1.54, 1.807) is 13.2 Å². The molecule has 0 fully saturated rings. The Balaban J connectivity index is 1.81. The lowest BCUT2D eigenvalue weighted by Crippen LogP contribution is -2.12. The molecular weight excluding hydrogens is 340 g/mol. The normalized spacial score (nSPS) is 11.0. The van der Waals surface area contributed by atoms with Crippen LogP contribution in [0.2, 0.25) is 0 Å². The number of pyridine rings is 1. The van der Waals surface area contributed by atoms with Gasteiger partial charge in [-0.1, -0.05) is 37.3 Å². The molecular formula is C21H26N4O2. The number of H-pyrrole nitrogens is 1. The Morgan fingerprint density at radius 3 is 2.67 bits per heavy atom. The van der Waals surface area contributed by atoms with E-state index in [-0.39, 0.29) is 5.56 Å². The van der Waals surface area contributed by atoms with Crippen molar-refractivity contribution in [1.29, 1.82) is 0 Å². The van der Waals surface area contributed by atoms with Gasteiger partial charge < -0.3 is 9.72 Å². The fraction of sp³-hybridized carbons (Fsp3) is 0.381. The monoisotopic (exact) mass is 366 g/mol. The minimum atomic E-state index is -0.0957. The molecule has 2 aromatic heterocycles. The molecule has 6 nitrogen and oxygen atoms in total. The molecule has 0 aliphatic heterocycles. The number of hydrogen-bond acceptors (Lipinski definition) is 4. The molecule has 0 saturated carbocycles. The summed E-state index contributed by atoms with van der Waals surface area (Å²) in [6.45, 7) is 3.20. The van der Waals surface area contributed by atoms with E-state index in [1.165, 1.54) is 5.56 Å². The molecule has 0 saturated heterocycles. The van der Waals surface area contributed by atoms with Crippen LogP contribution in [0.25, 0.3) is 11.4 Å². The lowest BCUT2D eigenvalue weighted by atomic mass is 10.1. The average Bonchev–Trinajstić information content (AvgIpc) is 3.09. The summed E-state index contributed by atoms with van der Waals surface area (Å²) in [4.78, 5) is 19.3. The zero-order valence-electron chi connectivity index (χ0n) is 15.9. The molecule has 2 heterocycles. The van der Waals surface area contributed by atoms with Gasteiger partial charge in [-0.3, -0.25) is 4.79 Å². The minimum Gasteiger partial charge on any atom is -0.383 e. The molecule has 0 spiro atoms. The van der Waals surface area contributed by atoms with Crippen LogP contribution >= 0.6 is 0 Å². The van der Waals surface area contributed by atoms with Crippen molar-refractivity contribution in [3.8, 4) is 11.4 Å².